The topological polar surface area (TPSA) is 167 Å². The standard InChI is InChI=1S/2C6H5NO4S2.Zn/c2*8-7(9)5-3-4(13(10)11)1-2-6(5)12;/h2*1-3,12H,(H,10,11);/q;;+2/p-2. The van der Waals surface area contributed by atoms with Crippen molar-refractivity contribution in [2.24, 2.45) is 0 Å². The zero-order valence-corrected chi connectivity index (χ0v) is 19.4. The molecular weight excluding hydrogens is 494 g/mol. The van der Waals surface area contributed by atoms with Crippen LogP contribution < -0.4 is 0 Å². The molecule has 0 amide bonds. The maximum atomic E-state index is 10.4. The fraction of sp³-hybridized carbons (Fsp3) is 0. The molecule has 140 valence electrons. The molecule has 0 heterocycles. The summed E-state index contributed by atoms with van der Waals surface area (Å²) in [5.74, 6) is 0. The van der Waals surface area contributed by atoms with Gasteiger partial charge < -0.3 is 9.11 Å². The quantitative estimate of drug-likeness (QED) is 0.211. The van der Waals surface area contributed by atoms with E-state index in [0.29, 0.717) is 0 Å². The summed E-state index contributed by atoms with van der Waals surface area (Å²) in [5.41, 5.74) is -0.630. The van der Waals surface area contributed by atoms with Crippen LogP contribution in [-0.4, -0.2) is 27.4 Å². The third-order valence-corrected chi connectivity index (χ3v) is 4.71. The molecule has 10 nitrogen and oxygen atoms in total. The Morgan fingerprint density at radius 2 is 1.04 bits per heavy atom. The van der Waals surface area contributed by atoms with Gasteiger partial charge in [0.1, 0.15) is 0 Å². The van der Waals surface area contributed by atoms with E-state index in [4.69, 9.17) is 0 Å². The van der Waals surface area contributed by atoms with Crippen molar-refractivity contribution in [2.75, 3.05) is 0 Å². The molecule has 0 aliphatic heterocycles. The molecule has 0 radical (unpaired) electrons. The molecule has 2 aromatic carbocycles. The van der Waals surface area contributed by atoms with Crippen LogP contribution in [0.2, 0.25) is 0 Å². The Balaban J connectivity index is 0.000000483. The van der Waals surface area contributed by atoms with Crippen LogP contribution in [0.15, 0.2) is 56.0 Å². The summed E-state index contributed by atoms with van der Waals surface area (Å²) in [5, 5.41) is 20.7. The first kappa shape index (κ1) is 25.8. The van der Waals surface area contributed by atoms with Gasteiger partial charge >= 0.3 is 19.5 Å². The van der Waals surface area contributed by atoms with E-state index in [1.807, 2.05) is 0 Å². The van der Waals surface area contributed by atoms with Crippen molar-refractivity contribution in [3.05, 3.63) is 56.6 Å². The molecule has 0 spiro atoms. The molecule has 0 bridgehead atoms. The van der Waals surface area contributed by atoms with Crippen molar-refractivity contribution < 1.29 is 46.8 Å². The minimum Gasteiger partial charge on any atom is -0.768 e. The fourth-order valence-electron chi connectivity index (χ4n) is 1.51. The molecule has 0 N–H and O–H groups in total. The second kappa shape index (κ2) is 11.6. The first-order valence-electron chi connectivity index (χ1n) is 6.18. The van der Waals surface area contributed by atoms with Gasteiger partial charge in [-0.1, -0.05) is 0 Å². The van der Waals surface area contributed by atoms with E-state index < -0.39 is 32.0 Å². The molecule has 15 heteroatoms. The summed E-state index contributed by atoms with van der Waals surface area (Å²) in [4.78, 5) is 19.4. The Labute approximate surface area is 181 Å². The van der Waals surface area contributed by atoms with Gasteiger partial charge in [0.2, 0.25) is 0 Å². The molecule has 0 saturated heterocycles. The molecule has 0 fully saturated rings. The minimum absolute atomic E-state index is 0. The summed E-state index contributed by atoms with van der Waals surface area (Å²) in [6.07, 6.45) is 0. The first-order valence-corrected chi connectivity index (χ1v) is 9.22. The molecule has 0 aromatic heterocycles. The predicted molar refractivity (Wildman–Crippen MR) is 95.1 cm³/mol. The Hall–Kier alpha value is -1.22. The maximum Gasteiger partial charge on any atom is 2.00 e. The summed E-state index contributed by atoms with van der Waals surface area (Å²) in [6.45, 7) is 0. The van der Waals surface area contributed by atoms with Crippen molar-refractivity contribution in [1.82, 2.24) is 0 Å². The third kappa shape index (κ3) is 7.73. The number of nitro groups is 2. The Morgan fingerprint density at radius 3 is 1.26 bits per heavy atom. The average Bonchev–Trinajstić information content (AvgIpc) is 2.55. The summed E-state index contributed by atoms with van der Waals surface area (Å²) in [7, 11) is 0. The van der Waals surface area contributed by atoms with Crippen LogP contribution >= 0.6 is 25.3 Å². The molecule has 2 aromatic rings. The van der Waals surface area contributed by atoms with Crippen LogP contribution in [0, 0.1) is 20.2 Å². The first-order chi connectivity index (χ1) is 12.0. The number of rotatable bonds is 4. The summed E-state index contributed by atoms with van der Waals surface area (Å²) >= 11 is 2.72. The van der Waals surface area contributed by atoms with Crippen molar-refractivity contribution in [2.45, 2.75) is 19.6 Å². The number of hydrogen-bond donors (Lipinski definition) is 2. The van der Waals surface area contributed by atoms with Gasteiger partial charge in [0.05, 0.1) is 19.6 Å². The molecule has 27 heavy (non-hydrogen) atoms. The molecule has 0 aliphatic carbocycles. The largest absolute Gasteiger partial charge is 2.00 e. The molecule has 2 atom stereocenters. The van der Waals surface area contributed by atoms with Gasteiger partial charge in [-0.2, -0.15) is 0 Å². The van der Waals surface area contributed by atoms with Gasteiger partial charge in [0, 0.05) is 21.9 Å². The second-order valence-corrected chi connectivity index (χ2v) is 7.13. The zero-order chi connectivity index (χ0) is 20.0. The molecule has 2 rings (SSSR count). The van der Waals surface area contributed by atoms with Crippen LogP contribution in [0.25, 0.3) is 0 Å². The van der Waals surface area contributed by atoms with Crippen LogP contribution in [0.1, 0.15) is 0 Å². The molecule has 0 saturated carbocycles. The normalized spacial score (nSPS) is 12.0. The van der Waals surface area contributed by atoms with Gasteiger partial charge in [0.15, 0.2) is 0 Å². The van der Waals surface area contributed by atoms with E-state index in [1.54, 1.807) is 0 Å². The number of thiol groups is 2. The average molecular weight is 502 g/mol. The van der Waals surface area contributed by atoms with Crippen molar-refractivity contribution in [1.29, 1.82) is 0 Å². The number of hydrogen-bond acceptors (Lipinski definition) is 10. The zero-order valence-electron chi connectivity index (χ0n) is 13.0. The monoisotopic (exact) mass is 500 g/mol. The number of nitrogens with zero attached hydrogens (tertiary/aromatic N) is 2. The predicted octanol–water partition coefficient (Wildman–Crippen LogP) is 2.24. The molecular formula is C12H8N2O8S4Zn. The Bertz CT molecular complexity index is 837. The van der Waals surface area contributed by atoms with Crippen molar-refractivity contribution in [3.8, 4) is 0 Å². The van der Waals surface area contributed by atoms with E-state index in [1.165, 1.54) is 24.3 Å². The smallest absolute Gasteiger partial charge is 0.768 e. The number of nitro benzene ring substituents is 2. The van der Waals surface area contributed by atoms with Crippen molar-refractivity contribution >= 4 is 58.8 Å². The third-order valence-electron chi connectivity index (χ3n) is 2.67. The van der Waals surface area contributed by atoms with Crippen molar-refractivity contribution in [3.63, 3.8) is 0 Å². The van der Waals surface area contributed by atoms with E-state index in [0.717, 1.165) is 12.1 Å². The van der Waals surface area contributed by atoms with Crippen LogP contribution in [-0.2, 0) is 41.6 Å². The van der Waals surface area contributed by atoms with E-state index >= 15 is 0 Å². The fourth-order valence-corrected chi connectivity index (χ4v) is 2.72. The minimum atomic E-state index is -2.45. The Kier molecular flexibility index (Phi) is 11.1. The number of benzene rings is 2. The SMILES string of the molecule is O=[N+]([O-])c1cc(S(=O)[O-])ccc1S.O=[N+]([O-])c1cc(S(=O)[O-])ccc1S.[Zn+2]. The van der Waals surface area contributed by atoms with E-state index in [2.05, 4.69) is 25.3 Å². The summed E-state index contributed by atoms with van der Waals surface area (Å²) in [6, 6.07) is 6.96. The van der Waals surface area contributed by atoms with Gasteiger partial charge in [-0.25, -0.2) is 0 Å². The second-order valence-electron chi connectivity index (χ2n) is 4.28. The van der Waals surface area contributed by atoms with Crippen LogP contribution in [0.5, 0.6) is 0 Å². The Morgan fingerprint density at radius 1 is 0.741 bits per heavy atom. The van der Waals surface area contributed by atoms with Crippen LogP contribution in [0.4, 0.5) is 11.4 Å². The van der Waals surface area contributed by atoms with Gasteiger partial charge in [0.25, 0.3) is 11.4 Å². The van der Waals surface area contributed by atoms with Gasteiger partial charge in [-0.3, -0.25) is 28.6 Å². The molecule has 0 aliphatic rings. The van der Waals surface area contributed by atoms with E-state index in [-0.39, 0.29) is 50.4 Å². The van der Waals surface area contributed by atoms with E-state index in [9.17, 15) is 37.8 Å². The van der Waals surface area contributed by atoms with Gasteiger partial charge in [-0.05, 0) is 46.4 Å². The summed E-state index contributed by atoms with van der Waals surface area (Å²) < 4.78 is 41.8. The maximum absolute atomic E-state index is 10.4. The van der Waals surface area contributed by atoms with Gasteiger partial charge in [-0.15, -0.1) is 25.3 Å². The van der Waals surface area contributed by atoms with Crippen LogP contribution in [0.3, 0.4) is 0 Å². The molecule has 2 unspecified atom stereocenters.